The van der Waals surface area contributed by atoms with Gasteiger partial charge in [0.1, 0.15) is 5.82 Å². The summed E-state index contributed by atoms with van der Waals surface area (Å²) in [5, 5.41) is 10.4. The number of halogens is 3. The summed E-state index contributed by atoms with van der Waals surface area (Å²) < 4.78 is 43.3. The van der Waals surface area contributed by atoms with Gasteiger partial charge in [-0.1, -0.05) is 11.2 Å². The van der Waals surface area contributed by atoms with Gasteiger partial charge in [0.25, 0.3) is 11.8 Å². The molecular weight excluding hydrogens is 389 g/mol. The molecule has 0 radical (unpaired) electrons. The van der Waals surface area contributed by atoms with Crippen molar-refractivity contribution in [3.8, 4) is 0 Å². The van der Waals surface area contributed by atoms with Crippen LogP contribution in [0.15, 0.2) is 29.4 Å². The minimum Gasteiger partial charge on any atom is -0.386 e. The fourth-order valence-corrected chi connectivity index (χ4v) is 2.29. The zero-order valence-electron chi connectivity index (χ0n) is 15.9. The summed E-state index contributed by atoms with van der Waals surface area (Å²) in [5.74, 6) is -4.64. The lowest BCUT2D eigenvalue weighted by molar-refractivity contribution is -0.125. The lowest BCUT2D eigenvalue weighted by Crippen LogP contribution is -2.22. The van der Waals surface area contributed by atoms with E-state index in [-0.39, 0.29) is 11.3 Å². The molecule has 0 saturated heterocycles. The molecular formula is C19H19F3N4O3. The highest BCUT2D eigenvalue weighted by atomic mass is 19.2. The van der Waals surface area contributed by atoms with Gasteiger partial charge in [-0.05, 0) is 30.7 Å². The minimum absolute atomic E-state index is 0.130. The number of benzene rings is 2. The van der Waals surface area contributed by atoms with Crippen LogP contribution in [0.25, 0.3) is 0 Å². The average Bonchev–Trinajstić information content (AvgIpc) is 2.70. The molecule has 29 heavy (non-hydrogen) atoms. The van der Waals surface area contributed by atoms with Crippen molar-refractivity contribution < 1.29 is 27.6 Å². The van der Waals surface area contributed by atoms with Crippen LogP contribution in [0.2, 0.25) is 0 Å². The predicted molar refractivity (Wildman–Crippen MR) is 102 cm³/mol. The van der Waals surface area contributed by atoms with Crippen molar-refractivity contribution in [1.82, 2.24) is 10.6 Å². The predicted octanol–water partition coefficient (Wildman–Crippen LogP) is 2.61. The maximum absolute atomic E-state index is 14.7. The molecule has 2 rings (SSSR count). The third kappa shape index (κ3) is 5.24. The van der Waals surface area contributed by atoms with Crippen LogP contribution in [-0.2, 0) is 9.63 Å². The van der Waals surface area contributed by atoms with E-state index in [1.165, 1.54) is 26.2 Å². The normalized spacial score (nSPS) is 10.7. The number of carbonyl (C=O) groups is 2. The lowest BCUT2D eigenvalue weighted by atomic mass is 10.1. The molecule has 0 atom stereocenters. The summed E-state index contributed by atoms with van der Waals surface area (Å²) in [5.41, 5.74) is -0.705. The molecule has 2 amide bonds. The maximum atomic E-state index is 14.7. The summed E-state index contributed by atoms with van der Waals surface area (Å²) in [7, 11) is 2.70. The second kappa shape index (κ2) is 9.58. The minimum atomic E-state index is -1.40. The van der Waals surface area contributed by atoms with E-state index in [0.29, 0.717) is 5.56 Å². The molecule has 0 spiro atoms. The molecule has 0 aromatic heterocycles. The maximum Gasteiger partial charge on any atom is 0.260 e. The number of oxime groups is 1. The van der Waals surface area contributed by atoms with Crippen molar-refractivity contribution in [3.63, 3.8) is 0 Å². The number of likely N-dealkylation sites (N-methyl/N-ethyl adjacent to an activating group) is 1. The molecule has 7 nitrogen and oxygen atoms in total. The molecule has 0 aliphatic rings. The topological polar surface area (TPSA) is 91.8 Å². The van der Waals surface area contributed by atoms with Crippen molar-refractivity contribution in [2.45, 2.75) is 6.92 Å². The first-order chi connectivity index (χ1) is 13.8. The second-order valence-corrected chi connectivity index (χ2v) is 5.88. The largest absolute Gasteiger partial charge is 0.386 e. The first-order valence-electron chi connectivity index (χ1n) is 8.41. The van der Waals surface area contributed by atoms with Gasteiger partial charge in [0.15, 0.2) is 18.2 Å². The molecule has 0 unspecified atom stereocenters. The highest BCUT2D eigenvalue weighted by Crippen LogP contribution is 2.30. The number of carbonyl (C=O) groups excluding carboxylic acids is 2. The molecule has 0 aliphatic heterocycles. The second-order valence-electron chi connectivity index (χ2n) is 5.88. The molecule has 0 bridgehead atoms. The molecule has 2 aromatic rings. The average molecular weight is 408 g/mol. The number of rotatable bonds is 7. The molecule has 0 saturated carbocycles. The molecule has 0 aliphatic carbocycles. The van der Waals surface area contributed by atoms with Crippen molar-refractivity contribution in [1.29, 1.82) is 0 Å². The Morgan fingerprint density at radius 3 is 2.45 bits per heavy atom. The number of hydrogen-bond donors (Lipinski definition) is 3. The van der Waals surface area contributed by atoms with Gasteiger partial charge in [0.2, 0.25) is 0 Å². The summed E-state index contributed by atoms with van der Waals surface area (Å²) >= 11 is 0. The molecule has 0 fully saturated rings. The van der Waals surface area contributed by atoms with E-state index in [0.717, 1.165) is 12.3 Å². The van der Waals surface area contributed by atoms with E-state index in [1.54, 1.807) is 13.0 Å². The van der Waals surface area contributed by atoms with Gasteiger partial charge >= 0.3 is 0 Å². The third-order valence-electron chi connectivity index (χ3n) is 3.83. The van der Waals surface area contributed by atoms with Gasteiger partial charge < -0.3 is 20.8 Å². The SMILES string of the molecule is CNC(=O)CO/N=C/c1cc(C(=O)NC)c(Nc2ccc(C)cc2F)c(F)c1F. The van der Waals surface area contributed by atoms with Crippen LogP contribution in [0.4, 0.5) is 24.5 Å². The summed E-state index contributed by atoms with van der Waals surface area (Å²) in [6.07, 6.45) is 0.823. The molecule has 0 heterocycles. The van der Waals surface area contributed by atoms with E-state index < -0.39 is 47.1 Å². The van der Waals surface area contributed by atoms with Crippen LogP contribution in [0.5, 0.6) is 0 Å². The fraction of sp³-hybridized carbons (Fsp3) is 0.211. The fourth-order valence-electron chi connectivity index (χ4n) is 2.29. The van der Waals surface area contributed by atoms with Crippen LogP contribution < -0.4 is 16.0 Å². The van der Waals surface area contributed by atoms with E-state index in [1.807, 2.05) is 0 Å². The Bertz CT molecular complexity index is 964. The van der Waals surface area contributed by atoms with Crippen molar-refractivity contribution >= 4 is 29.4 Å². The Morgan fingerprint density at radius 2 is 1.83 bits per heavy atom. The number of anilines is 2. The van der Waals surface area contributed by atoms with Crippen LogP contribution in [0.3, 0.4) is 0 Å². The monoisotopic (exact) mass is 408 g/mol. The van der Waals surface area contributed by atoms with E-state index in [4.69, 9.17) is 0 Å². The number of hydrogen-bond acceptors (Lipinski definition) is 5. The Kier molecular flexibility index (Phi) is 7.18. The van der Waals surface area contributed by atoms with Crippen molar-refractivity contribution in [2.24, 2.45) is 5.16 Å². The zero-order chi connectivity index (χ0) is 21.6. The van der Waals surface area contributed by atoms with Gasteiger partial charge in [-0.2, -0.15) is 0 Å². The Balaban J connectivity index is 2.43. The van der Waals surface area contributed by atoms with Crippen LogP contribution >= 0.6 is 0 Å². The number of nitrogens with one attached hydrogen (secondary N) is 3. The first-order valence-corrected chi connectivity index (χ1v) is 8.41. The van der Waals surface area contributed by atoms with E-state index in [9.17, 15) is 22.8 Å². The summed E-state index contributed by atoms with van der Waals surface area (Å²) in [6.45, 7) is 1.25. The Labute approximate surface area is 164 Å². The summed E-state index contributed by atoms with van der Waals surface area (Å²) in [6, 6.07) is 5.15. The molecule has 10 heteroatoms. The molecule has 2 aromatic carbocycles. The van der Waals surface area contributed by atoms with E-state index in [2.05, 4.69) is 25.9 Å². The Morgan fingerprint density at radius 1 is 1.10 bits per heavy atom. The highest BCUT2D eigenvalue weighted by Gasteiger charge is 2.22. The quantitative estimate of drug-likeness (QED) is 0.485. The smallest absolute Gasteiger partial charge is 0.260 e. The highest BCUT2D eigenvalue weighted by molar-refractivity contribution is 6.02. The van der Waals surface area contributed by atoms with Crippen molar-refractivity contribution in [2.75, 3.05) is 26.0 Å². The number of amides is 2. The standard InChI is InChI=1S/C19H19F3N4O3/c1-10-4-5-14(13(20)6-10)26-18-12(19(28)24-3)7-11(16(21)17(18)22)8-25-29-9-15(27)23-2/h4-8,26H,9H2,1-3H3,(H,23,27)(H,24,28)/b25-8+. The number of nitrogens with zero attached hydrogens (tertiary/aromatic N) is 1. The van der Waals surface area contributed by atoms with Crippen molar-refractivity contribution in [3.05, 3.63) is 58.4 Å². The molecule has 3 N–H and O–H groups in total. The van der Waals surface area contributed by atoms with Gasteiger partial charge in [-0.3, -0.25) is 9.59 Å². The van der Waals surface area contributed by atoms with Gasteiger partial charge in [0, 0.05) is 19.7 Å². The van der Waals surface area contributed by atoms with E-state index >= 15 is 0 Å². The van der Waals surface area contributed by atoms with Gasteiger partial charge in [0.05, 0.1) is 23.2 Å². The zero-order valence-corrected chi connectivity index (χ0v) is 15.9. The lowest BCUT2D eigenvalue weighted by Gasteiger charge is -2.15. The van der Waals surface area contributed by atoms with Crippen LogP contribution in [0.1, 0.15) is 21.5 Å². The van der Waals surface area contributed by atoms with Gasteiger partial charge in [-0.25, -0.2) is 13.2 Å². The summed E-state index contributed by atoms with van der Waals surface area (Å²) in [4.78, 5) is 27.9. The van der Waals surface area contributed by atoms with Crippen LogP contribution in [0, 0.1) is 24.4 Å². The van der Waals surface area contributed by atoms with Gasteiger partial charge in [-0.15, -0.1) is 0 Å². The first kappa shape index (κ1) is 21.7. The molecule has 154 valence electrons. The number of aryl methyl sites for hydroxylation is 1. The third-order valence-corrected chi connectivity index (χ3v) is 3.83. The van der Waals surface area contributed by atoms with Crippen LogP contribution in [-0.4, -0.2) is 38.7 Å². The Hall–Kier alpha value is -3.56.